The number of benzene rings is 2. The summed E-state index contributed by atoms with van der Waals surface area (Å²) >= 11 is 0. The van der Waals surface area contributed by atoms with E-state index in [4.69, 9.17) is 0 Å². The summed E-state index contributed by atoms with van der Waals surface area (Å²) in [7, 11) is -3.90. The number of aryl methyl sites for hydroxylation is 1. The second-order valence-electron chi connectivity index (χ2n) is 5.97. The normalized spacial score (nSPS) is 12.0. The minimum atomic E-state index is -3.90. The quantitative estimate of drug-likeness (QED) is 0.535. The lowest BCUT2D eigenvalue weighted by Crippen LogP contribution is -2.18. The van der Waals surface area contributed by atoms with Crippen molar-refractivity contribution >= 4 is 21.7 Å². The third-order valence-electron chi connectivity index (χ3n) is 3.77. The highest BCUT2D eigenvalue weighted by Gasteiger charge is 2.15. The number of rotatable bonds is 5. The number of pyridine rings is 1. The lowest BCUT2D eigenvalue weighted by Gasteiger charge is -2.10. The average Bonchev–Trinajstić information content (AvgIpc) is 2.64. The maximum Gasteiger partial charge on any atom is 0.283 e. The van der Waals surface area contributed by atoms with Crippen LogP contribution in [0.1, 0.15) is 11.1 Å². The maximum atomic E-state index is 13.1. The molecule has 0 unspecified atom stereocenters. The standard InChI is InChI=1S/C20H18FN3O2S/c1-15-5-11-18(12-6-15)27(25,26)24-20(23-19-4-2-3-13-22-19)14-16-7-9-17(21)10-8-16/h2-13H,14H2,1H3,(H,22,23,24). The molecule has 1 N–H and O–H groups in total. The number of hydrogen-bond donors (Lipinski definition) is 1. The fraction of sp³-hybridized carbons (Fsp3) is 0.100. The first-order valence-corrected chi connectivity index (χ1v) is 9.69. The Morgan fingerprint density at radius 3 is 2.37 bits per heavy atom. The van der Waals surface area contributed by atoms with Crippen molar-refractivity contribution in [2.45, 2.75) is 18.2 Å². The SMILES string of the molecule is Cc1ccc(S(=O)(=O)N=C(Cc2ccc(F)cc2)Nc2ccccn2)cc1. The van der Waals surface area contributed by atoms with Crippen molar-refractivity contribution in [2.75, 3.05) is 5.32 Å². The molecule has 0 radical (unpaired) electrons. The molecule has 0 saturated carbocycles. The molecule has 7 heteroatoms. The Bertz CT molecular complexity index is 1030. The van der Waals surface area contributed by atoms with E-state index in [1.54, 1.807) is 48.7 Å². The molecule has 3 rings (SSSR count). The van der Waals surface area contributed by atoms with Gasteiger partial charge in [-0.1, -0.05) is 35.9 Å². The van der Waals surface area contributed by atoms with Gasteiger partial charge in [0, 0.05) is 12.6 Å². The summed E-state index contributed by atoms with van der Waals surface area (Å²) in [6.07, 6.45) is 1.77. The summed E-state index contributed by atoms with van der Waals surface area (Å²) in [5, 5.41) is 2.95. The van der Waals surface area contributed by atoms with Crippen LogP contribution in [0.25, 0.3) is 0 Å². The zero-order valence-corrected chi connectivity index (χ0v) is 15.4. The summed E-state index contributed by atoms with van der Waals surface area (Å²) in [6, 6.07) is 17.5. The highest BCUT2D eigenvalue weighted by atomic mass is 32.2. The van der Waals surface area contributed by atoms with Gasteiger partial charge >= 0.3 is 0 Å². The summed E-state index contributed by atoms with van der Waals surface area (Å²) in [6.45, 7) is 1.88. The minimum absolute atomic E-state index is 0.104. The number of hydrogen-bond acceptors (Lipinski definition) is 3. The van der Waals surface area contributed by atoms with Gasteiger partial charge in [-0.25, -0.2) is 9.37 Å². The van der Waals surface area contributed by atoms with Crippen LogP contribution in [0, 0.1) is 12.7 Å². The molecule has 0 bridgehead atoms. The Kier molecular flexibility index (Phi) is 5.61. The molecule has 0 atom stereocenters. The summed E-state index contributed by atoms with van der Waals surface area (Å²) in [4.78, 5) is 4.25. The molecule has 1 heterocycles. The first-order chi connectivity index (χ1) is 12.9. The number of aromatic nitrogens is 1. The van der Waals surface area contributed by atoms with Crippen LogP contribution in [0.4, 0.5) is 10.2 Å². The molecule has 2 aromatic carbocycles. The number of sulfonamides is 1. The smallest absolute Gasteiger partial charge is 0.283 e. The van der Waals surface area contributed by atoms with E-state index in [-0.39, 0.29) is 23.0 Å². The Balaban J connectivity index is 1.95. The van der Waals surface area contributed by atoms with Crippen molar-refractivity contribution in [1.82, 2.24) is 4.98 Å². The summed E-state index contributed by atoms with van der Waals surface area (Å²) in [5.41, 5.74) is 1.67. The van der Waals surface area contributed by atoms with Gasteiger partial charge in [-0.2, -0.15) is 8.42 Å². The van der Waals surface area contributed by atoms with Gasteiger partial charge in [-0.15, -0.1) is 4.40 Å². The highest BCUT2D eigenvalue weighted by molar-refractivity contribution is 7.90. The molecule has 0 amide bonds. The van der Waals surface area contributed by atoms with Crippen LogP contribution in [0.2, 0.25) is 0 Å². The number of anilines is 1. The fourth-order valence-corrected chi connectivity index (χ4v) is 3.37. The molecule has 27 heavy (non-hydrogen) atoms. The zero-order chi connectivity index (χ0) is 19.3. The first-order valence-electron chi connectivity index (χ1n) is 8.25. The second-order valence-corrected chi connectivity index (χ2v) is 7.57. The molecular formula is C20H18FN3O2S. The van der Waals surface area contributed by atoms with Crippen LogP contribution in [0.15, 0.2) is 82.2 Å². The van der Waals surface area contributed by atoms with Gasteiger partial charge in [0.25, 0.3) is 10.0 Å². The Morgan fingerprint density at radius 2 is 1.74 bits per heavy atom. The predicted octanol–water partition coefficient (Wildman–Crippen LogP) is 3.97. The third kappa shape index (κ3) is 5.21. The molecule has 0 spiro atoms. The van der Waals surface area contributed by atoms with Crippen molar-refractivity contribution in [3.8, 4) is 0 Å². The van der Waals surface area contributed by atoms with Crippen LogP contribution in [0.5, 0.6) is 0 Å². The lowest BCUT2D eigenvalue weighted by molar-refractivity contribution is 0.598. The van der Waals surface area contributed by atoms with Crippen molar-refractivity contribution in [3.05, 3.63) is 89.9 Å². The largest absolute Gasteiger partial charge is 0.327 e. The van der Waals surface area contributed by atoms with Gasteiger partial charge in [-0.05, 0) is 48.9 Å². The second kappa shape index (κ2) is 8.09. The molecule has 138 valence electrons. The molecule has 0 fully saturated rings. The monoisotopic (exact) mass is 383 g/mol. The van der Waals surface area contributed by atoms with Crippen LogP contribution in [-0.2, 0) is 16.4 Å². The van der Waals surface area contributed by atoms with Crippen molar-refractivity contribution in [3.63, 3.8) is 0 Å². The number of nitrogens with zero attached hydrogens (tertiary/aromatic N) is 2. The van der Waals surface area contributed by atoms with E-state index < -0.39 is 10.0 Å². The van der Waals surface area contributed by atoms with Gasteiger partial charge in [-0.3, -0.25) is 0 Å². The average molecular weight is 383 g/mol. The number of halogens is 1. The van der Waals surface area contributed by atoms with Crippen molar-refractivity contribution < 1.29 is 12.8 Å². The van der Waals surface area contributed by atoms with Gasteiger partial charge in [0.1, 0.15) is 17.5 Å². The van der Waals surface area contributed by atoms with E-state index in [9.17, 15) is 12.8 Å². The van der Waals surface area contributed by atoms with Crippen LogP contribution < -0.4 is 5.32 Å². The summed E-state index contributed by atoms with van der Waals surface area (Å²) < 4.78 is 42.5. The Morgan fingerprint density at radius 1 is 1.04 bits per heavy atom. The maximum absolute atomic E-state index is 13.1. The molecular weight excluding hydrogens is 365 g/mol. The number of nitrogens with one attached hydrogen (secondary N) is 1. The van der Waals surface area contributed by atoms with Crippen molar-refractivity contribution in [2.24, 2.45) is 4.40 Å². The Labute approximate surface area is 157 Å². The molecule has 3 aromatic rings. The van der Waals surface area contributed by atoms with Gasteiger partial charge in [0.15, 0.2) is 0 Å². The molecule has 5 nitrogen and oxygen atoms in total. The van der Waals surface area contributed by atoms with E-state index in [0.29, 0.717) is 5.82 Å². The Hall–Kier alpha value is -3.06. The van der Waals surface area contributed by atoms with E-state index in [0.717, 1.165) is 11.1 Å². The topological polar surface area (TPSA) is 71.4 Å². The summed E-state index contributed by atoms with van der Waals surface area (Å²) in [5.74, 6) is 0.306. The molecule has 0 aliphatic carbocycles. The molecule has 0 aliphatic heterocycles. The minimum Gasteiger partial charge on any atom is -0.327 e. The first kappa shape index (κ1) is 18.7. The van der Waals surface area contributed by atoms with Crippen LogP contribution in [-0.4, -0.2) is 19.2 Å². The fourth-order valence-electron chi connectivity index (χ4n) is 2.39. The van der Waals surface area contributed by atoms with E-state index in [1.807, 2.05) is 6.92 Å². The molecule has 0 aliphatic rings. The lowest BCUT2D eigenvalue weighted by atomic mass is 10.1. The van der Waals surface area contributed by atoms with Crippen LogP contribution in [0.3, 0.4) is 0 Å². The van der Waals surface area contributed by atoms with E-state index in [2.05, 4.69) is 14.7 Å². The van der Waals surface area contributed by atoms with E-state index in [1.165, 1.54) is 24.3 Å². The highest BCUT2D eigenvalue weighted by Crippen LogP contribution is 2.15. The predicted molar refractivity (Wildman–Crippen MR) is 104 cm³/mol. The third-order valence-corrected chi connectivity index (χ3v) is 5.10. The van der Waals surface area contributed by atoms with E-state index >= 15 is 0 Å². The van der Waals surface area contributed by atoms with Gasteiger partial charge in [0.05, 0.1) is 4.90 Å². The van der Waals surface area contributed by atoms with Gasteiger partial charge in [0.2, 0.25) is 0 Å². The molecule has 0 saturated heterocycles. The zero-order valence-electron chi connectivity index (χ0n) is 14.6. The molecule has 1 aromatic heterocycles. The number of amidine groups is 1. The van der Waals surface area contributed by atoms with Crippen LogP contribution >= 0.6 is 0 Å². The van der Waals surface area contributed by atoms with Crippen molar-refractivity contribution in [1.29, 1.82) is 0 Å². The van der Waals surface area contributed by atoms with Gasteiger partial charge < -0.3 is 5.32 Å².